The third-order valence-electron chi connectivity index (χ3n) is 4.26. The second-order valence-corrected chi connectivity index (χ2v) is 6.06. The fourth-order valence-corrected chi connectivity index (χ4v) is 2.84. The van der Waals surface area contributed by atoms with Gasteiger partial charge in [0.25, 0.3) is 0 Å². The molecule has 0 bridgehead atoms. The topological polar surface area (TPSA) is 15.8 Å². The summed E-state index contributed by atoms with van der Waals surface area (Å²) >= 11 is 0. The van der Waals surface area contributed by atoms with Crippen LogP contribution in [0.1, 0.15) is 84.1 Å². The number of H-pyrrole nitrogens is 1. The molecule has 0 radical (unpaired) electrons. The van der Waals surface area contributed by atoms with Crippen molar-refractivity contribution in [3.8, 4) is 0 Å². The van der Waals surface area contributed by atoms with Crippen molar-refractivity contribution in [3.63, 3.8) is 0 Å². The van der Waals surface area contributed by atoms with Gasteiger partial charge < -0.3 is 4.98 Å². The van der Waals surface area contributed by atoms with Crippen molar-refractivity contribution in [1.82, 2.24) is 4.98 Å². The van der Waals surface area contributed by atoms with Crippen LogP contribution in [-0.2, 0) is 5.41 Å². The van der Waals surface area contributed by atoms with Crippen molar-refractivity contribution >= 4 is 0 Å². The second kappa shape index (κ2) is 8.39. The summed E-state index contributed by atoms with van der Waals surface area (Å²) in [5, 5.41) is 0. The zero-order chi connectivity index (χ0) is 14.1. The Morgan fingerprint density at radius 1 is 1.00 bits per heavy atom. The van der Waals surface area contributed by atoms with Crippen molar-refractivity contribution in [2.45, 2.75) is 84.0 Å². The third-order valence-corrected chi connectivity index (χ3v) is 4.26. The van der Waals surface area contributed by atoms with E-state index >= 15 is 0 Å². The van der Waals surface area contributed by atoms with Crippen LogP contribution in [0.25, 0.3) is 0 Å². The van der Waals surface area contributed by atoms with Crippen molar-refractivity contribution in [1.29, 1.82) is 0 Å². The van der Waals surface area contributed by atoms with Crippen LogP contribution in [0.2, 0.25) is 0 Å². The molecule has 2 heteroatoms. The van der Waals surface area contributed by atoms with Crippen molar-refractivity contribution < 1.29 is 4.39 Å². The number of aromatic nitrogens is 1. The van der Waals surface area contributed by atoms with E-state index in [1.165, 1.54) is 57.8 Å². The standard InChI is InChI=1S/C17H30FN/c1-4-6-8-10-12-17(3,11-9-7-5-2)15-13-16(18)19-14-15/h13-14,19H,4-12H2,1-3H3. The maximum atomic E-state index is 13.2. The summed E-state index contributed by atoms with van der Waals surface area (Å²) < 4.78 is 13.2. The predicted molar refractivity (Wildman–Crippen MR) is 81.0 cm³/mol. The Hall–Kier alpha value is -0.790. The van der Waals surface area contributed by atoms with E-state index in [2.05, 4.69) is 25.8 Å². The molecule has 0 aromatic carbocycles. The van der Waals surface area contributed by atoms with Gasteiger partial charge in [-0.05, 0) is 29.9 Å². The third kappa shape index (κ3) is 5.38. The molecule has 0 amide bonds. The molecule has 1 atom stereocenters. The van der Waals surface area contributed by atoms with Crippen LogP contribution >= 0.6 is 0 Å². The molecule has 1 unspecified atom stereocenters. The van der Waals surface area contributed by atoms with E-state index in [9.17, 15) is 4.39 Å². The van der Waals surface area contributed by atoms with Gasteiger partial charge >= 0.3 is 0 Å². The summed E-state index contributed by atoms with van der Waals surface area (Å²) in [4.78, 5) is 2.70. The van der Waals surface area contributed by atoms with Crippen LogP contribution in [0.5, 0.6) is 0 Å². The molecule has 0 fully saturated rings. The highest BCUT2D eigenvalue weighted by Crippen LogP contribution is 2.35. The number of rotatable bonds is 10. The van der Waals surface area contributed by atoms with Gasteiger partial charge in [0.05, 0.1) is 0 Å². The number of halogens is 1. The van der Waals surface area contributed by atoms with E-state index in [1.54, 1.807) is 6.07 Å². The molecule has 0 saturated carbocycles. The fourth-order valence-electron chi connectivity index (χ4n) is 2.84. The van der Waals surface area contributed by atoms with Gasteiger partial charge in [-0.15, -0.1) is 0 Å². The molecule has 110 valence electrons. The Balaban J connectivity index is 2.60. The molecule has 1 aromatic rings. The number of nitrogens with one attached hydrogen (secondary N) is 1. The van der Waals surface area contributed by atoms with Gasteiger partial charge in [-0.1, -0.05) is 65.7 Å². The Morgan fingerprint density at radius 2 is 1.58 bits per heavy atom. The normalized spacial score (nSPS) is 14.5. The summed E-state index contributed by atoms with van der Waals surface area (Å²) in [7, 11) is 0. The first kappa shape index (κ1) is 16.3. The number of aromatic amines is 1. The van der Waals surface area contributed by atoms with E-state index in [0.717, 1.165) is 5.56 Å². The maximum absolute atomic E-state index is 13.2. The minimum absolute atomic E-state index is 0.143. The maximum Gasteiger partial charge on any atom is 0.191 e. The minimum Gasteiger partial charge on any atom is -0.338 e. The summed E-state index contributed by atoms with van der Waals surface area (Å²) in [6.07, 6.45) is 13.1. The van der Waals surface area contributed by atoms with Crippen LogP contribution in [0.4, 0.5) is 4.39 Å². The predicted octanol–water partition coefficient (Wildman–Crippen LogP) is 5.96. The number of hydrogen-bond acceptors (Lipinski definition) is 0. The van der Waals surface area contributed by atoms with Gasteiger partial charge in [0.15, 0.2) is 5.95 Å². The van der Waals surface area contributed by atoms with Crippen LogP contribution < -0.4 is 0 Å². The van der Waals surface area contributed by atoms with E-state index in [4.69, 9.17) is 0 Å². The summed E-state index contributed by atoms with van der Waals surface area (Å²) in [6.45, 7) is 6.77. The zero-order valence-electron chi connectivity index (χ0n) is 12.9. The zero-order valence-corrected chi connectivity index (χ0v) is 12.9. The molecule has 1 aromatic heterocycles. The van der Waals surface area contributed by atoms with Crippen LogP contribution in [-0.4, -0.2) is 4.98 Å². The van der Waals surface area contributed by atoms with Crippen molar-refractivity contribution in [3.05, 3.63) is 23.8 Å². The SMILES string of the molecule is CCCCCCC(C)(CCCCC)c1c[nH]c(F)c1. The first-order chi connectivity index (χ1) is 9.12. The van der Waals surface area contributed by atoms with Crippen LogP contribution in [0, 0.1) is 5.95 Å². The average Bonchev–Trinajstić information content (AvgIpc) is 2.82. The lowest BCUT2D eigenvalue weighted by atomic mass is 9.75. The van der Waals surface area contributed by atoms with Crippen LogP contribution in [0.3, 0.4) is 0 Å². The Bertz CT molecular complexity index is 345. The summed E-state index contributed by atoms with van der Waals surface area (Å²) in [6, 6.07) is 1.69. The van der Waals surface area contributed by atoms with Crippen LogP contribution in [0.15, 0.2) is 12.3 Å². The lowest BCUT2D eigenvalue weighted by Crippen LogP contribution is -2.21. The fraction of sp³-hybridized carbons (Fsp3) is 0.765. The van der Waals surface area contributed by atoms with E-state index in [-0.39, 0.29) is 11.4 Å². The Kier molecular flexibility index (Phi) is 7.19. The second-order valence-electron chi connectivity index (χ2n) is 6.06. The summed E-state index contributed by atoms with van der Waals surface area (Å²) in [5.74, 6) is -0.203. The highest BCUT2D eigenvalue weighted by atomic mass is 19.1. The molecular weight excluding hydrogens is 237 g/mol. The molecule has 0 aliphatic rings. The highest BCUT2D eigenvalue weighted by Gasteiger charge is 2.26. The van der Waals surface area contributed by atoms with Crippen molar-refractivity contribution in [2.75, 3.05) is 0 Å². The largest absolute Gasteiger partial charge is 0.338 e. The quantitative estimate of drug-likeness (QED) is 0.503. The molecule has 19 heavy (non-hydrogen) atoms. The lowest BCUT2D eigenvalue weighted by molar-refractivity contribution is 0.365. The van der Waals surface area contributed by atoms with Gasteiger partial charge in [0.1, 0.15) is 0 Å². The van der Waals surface area contributed by atoms with E-state index in [1.807, 2.05) is 6.20 Å². The van der Waals surface area contributed by atoms with Crippen molar-refractivity contribution in [2.24, 2.45) is 0 Å². The van der Waals surface area contributed by atoms with E-state index in [0.29, 0.717) is 0 Å². The molecule has 0 aliphatic heterocycles. The lowest BCUT2D eigenvalue weighted by Gasteiger charge is -2.29. The number of unbranched alkanes of at least 4 members (excludes halogenated alkanes) is 5. The first-order valence-electron chi connectivity index (χ1n) is 7.97. The van der Waals surface area contributed by atoms with Gasteiger partial charge in [0, 0.05) is 6.20 Å². The molecule has 1 rings (SSSR count). The molecule has 0 spiro atoms. The smallest absolute Gasteiger partial charge is 0.191 e. The Morgan fingerprint density at radius 3 is 2.11 bits per heavy atom. The minimum atomic E-state index is -0.203. The Labute approximate surface area is 118 Å². The highest BCUT2D eigenvalue weighted by molar-refractivity contribution is 5.21. The van der Waals surface area contributed by atoms with Gasteiger partial charge in [-0.3, -0.25) is 0 Å². The van der Waals surface area contributed by atoms with Gasteiger partial charge in [0.2, 0.25) is 0 Å². The molecule has 1 heterocycles. The van der Waals surface area contributed by atoms with E-state index < -0.39 is 0 Å². The first-order valence-corrected chi connectivity index (χ1v) is 7.97. The molecule has 0 saturated heterocycles. The monoisotopic (exact) mass is 267 g/mol. The molecular formula is C17H30FN. The van der Waals surface area contributed by atoms with Gasteiger partial charge in [-0.25, -0.2) is 0 Å². The van der Waals surface area contributed by atoms with Gasteiger partial charge in [-0.2, -0.15) is 4.39 Å². The average molecular weight is 267 g/mol. The number of hydrogen-bond donors (Lipinski definition) is 1. The molecule has 1 N–H and O–H groups in total. The summed E-state index contributed by atoms with van der Waals surface area (Å²) in [5.41, 5.74) is 1.29. The molecule has 1 nitrogen and oxygen atoms in total. The molecule has 0 aliphatic carbocycles.